The second-order valence-corrected chi connectivity index (χ2v) is 12.9. The summed E-state index contributed by atoms with van der Waals surface area (Å²) in [6.45, 7) is 12.8. The first kappa shape index (κ1) is 29.9. The number of benzene rings is 1. The molecule has 0 spiro atoms. The van der Waals surface area contributed by atoms with Crippen molar-refractivity contribution in [3.05, 3.63) is 64.3 Å². The molecule has 1 N–H and O–H groups in total. The van der Waals surface area contributed by atoms with Crippen LogP contribution in [0.3, 0.4) is 0 Å². The number of carbonyl (C=O) groups excluding carboxylic acids is 2. The first-order valence-corrected chi connectivity index (χ1v) is 15.4. The van der Waals surface area contributed by atoms with Crippen LogP contribution < -0.4 is 10.1 Å². The van der Waals surface area contributed by atoms with Crippen LogP contribution in [0, 0.1) is 0 Å². The van der Waals surface area contributed by atoms with Gasteiger partial charge in [0.15, 0.2) is 17.1 Å². The third kappa shape index (κ3) is 6.96. The standard InChI is InChI=1S/C30H38N4O4S2/c1-7-17-34-26(19(2)38-21-15-13-20(14-16-21)30(3,4)5)32-33-29(34)39-18-24(35)31-27-25(28(36)37-6)22-11-9-8-10-12-23(22)40-27/h7,13-16,19H,1,8-12,17-18H2,2-6H3,(H,31,35). The molecule has 0 aliphatic heterocycles. The SMILES string of the molecule is C=CCn1c(SCC(=O)Nc2sc3c(c2C(=O)OC)CCCCC3)nnc1C(C)Oc1ccc(C(C)(C)C)cc1. The number of hydrogen-bond donors (Lipinski definition) is 1. The second kappa shape index (κ2) is 13.0. The molecule has 1 aliphatic rings. The molecule has 0 bridgehead atoms. The van der Waals surface area contributed by atoms with E-state index in [1.807, 2.05) is 23.6 Å². The molecule has 214 valence electrons. The van der Waals surface area contributed by atoms with Crippen molar-refractivity contribution in [2.45, 2.75) is 83.0 Å². The number of allylic oxidation sites excluding steroid dienone is 1. The lowest BCUT2D eigenvalue weighted by atomic mass is 9.87. The summed E-state index contributed by atoms with van der Waals surface area (Å²) in [7, 11) is 1.38. The van der Waals surface area contributed by atoms with Crippen LogP contribution in [0.2, 0.25) is 0 Å². The van der Waals surface area contributed by atoms with Crippen molar-refractivity contribution in [3.63, 3.8) is 0 Å². The highest BCUT2D eigenvalue weighted by atomic mass is 32.2. The number of anilines is 1. The number of esters is 1. The number of nitrogens with zero attached hydrogens (tertiary/aromatic N) is 3. The van der Waals surface area contributed by atoms with Crippen LogP contribution in [0.5, 0.6) is 5.75 Å². The zero-order valence-electron chi connectivity index (χ0n) is 23.9. The van der Waals surface area contributed by atoms with Crippen molar-refractivity contribution in [1.29, 1.82) is 0 Å². The molecule has 0 saturated carbocycles. The van der Waals surface area contributed by atoms with Gasteiger partial charge in [0.25, 0.3) is 0 Å². The molecule has 8 nitrogen and oxygen atoms in total. The van der Waals surface area contributed by atoms with E-state index in [1.165, 1.54) is 40.6 Å². The summed E-state index contributed by atoms with van der Waals surface area (Å²) in [4.78, 5) is 26.8. The molecule has 40 heavy (non-hydrogen) atoms. The summed E-state index contributed by atoms with van der Waals surface area (Å²) in [5.41, 5.74) is 2.82. The third-order valence-electron chi connectivity index (χ3n) is 6.85. The first-order chi connectivity index (χ1) is 19.1. The minimum Gasteiger partial charge on any atom is -0.483 e. The Balaban J connectivity index is 1.44. The fourth-order valence-corrected chi connectivity index (χ4v) is 6.79. The largest absolute Gasteiger partial charge is 0.483 e. The van der Waals surface area contributed by atoms with Gasteiger partial charge in [-0.2, -0.15) is 0 Å². The van der Waals surface area contributed by atoms with E-state index in [4.69, 9.17) is 9.47 Å². The van der Waals surface area contributed by atoms with Gasteiger partial charge >= 0.3 is 5.97 Å². The third-order valence-corrected chi connectivity index (χ3v) is 9.02. The van der Waals surface area contributed by atoms with Crippen molar-refractivity contribution in [2.75, 3.05) is 18.2 Å². The quantitative estimate of drug-likeness (QED) is 0.122. The first-order valence-electron chi connectivity index (χ1n) is 13.6. The average molecular weight is 583 g/mol. The summed E-state index contributed by atoms with van der Waals surface area (Å²) in [5.74, 6) is 0.891. The maximum Gasteiger partial charge on any atom is 0.341 e. The maximum absolute atomic E-state index is 13.0. The van der Waals surface area contributed by atoms with Crippen LogP contribution in [0.25, 0.3) is 0 Å². The molecule has 0 radical (unpaired) electrons. The van der Waals surface area contributed by atoms with Gasteiger partial charge in [-0.3, -0.25) is 9.36 Å². The van der Waals surface area contributed by atoms with Gasteiger partial charge in [-0.25, -0.2) is 4.79 Å². The molecule has 10 heteroatoms. The number of fused-ring (bicyclic) bond motifs is 1. The van der Waals surface area contributed by atoms with E-state index >= 15 is 0 Å². The number of aromatic nitrogens is 3. The molecule has 1 aliphatic carbocycles. The minimum atomic E-state index is -0.403. The lowest BCUT2D eigenvalue weighted by Gasteiger charge is -2.20. The number of rotatable bonds is 10. The number of carbonyl (C=O) groups is 2. The highest BCUT2D eigenvalue weighted by Crippen LogP contribution is 2.38. The zero-order valence-corrected chi connectivity index (χ0v) is 25.5. The fourth-order valence-electron chi connectivity index (χ4n) is 4.74. The molecule has 4 rings (SSSR count). The Labute approximate surface area is 244 Å². The van der Waals surface area contributed by atoms with Crippen molar-refractivity contribution in [2.24, 2.45) is 0 Å². The molecule has 3 aromatic rings. The molecule has 0 fully saturated rings. The van der Waals surface area contributed by atoms with E-state index in [2.05, 4.69) is 55.0 Å². The second-order valence-electron chi connectivity index (χ2n) is 10.9. The summed E-state index contributed by atoms with van der Waals surface area (Å²) in [6, 6.07) is 8.09. The summed E-state index contributed by atoms with van der Waals surface area (Å²) in [6.07, 6.45) is 6.41. The Morgan fingerprint density at radius 3 is 2.58 bits per heavy atom. The molecule has 0 saturated heterocycles. The number of thiophene rings is 1. The van der Waals surface area contributed by atoms with Crippen LogP contribution in [-0.4, -0.2) is 39.5 Å². The molecule has 1 atom stereocenters. The van der Waals surface area contributed by atoms with E-state index in [9.17, 15) is 9.59 Å². The fraction of sp³-hybridized carbons (Fsp3) is 0.467. The van der Waals surface area contributed by atoms with Crippen LogP contribution in [0.1, 0.15) is 85.2 Å². The number of amides is 1. The number of ether oxygens (including phenoxy) is 2. The maximum atomic E-state index is 13.0. The van der Waals surface area contributed by atoms with Crippen molar-refractivity contribution >= 4 is 40.0 Å². The zero-order chi connectivity index (χ0) is 28.9. The minimum absolute atomic E-state index is 0.0653. The van der Waals surface area contributed by atoms with Gasteiger partial charge in [-0.05, 0) is 61.3 Å². The summed E-state index contributed by atoms with van der Waals surface area (Å²) in [5, 5.41) is 12.8. The molecule has 2 aromatic heterocycles. The Morgan fingerprint density at radius 1 is 1.18 bits per heavy atom. The number of thioether (sulfide) groups is 1. The number of hydrogen-bond acceptors (Lipinski definition) is 8. The van der Waals surface area contributed by atoms with Crippen LogP contribution in [-0.2, 0) is 34.3 Å². The number of nitrogens with one attached hydrogen (secondary N) is 1. The lowest BCUT2D eigenvalue weighted by Crippen LogP contribution is -2.17. The van der Waals surface area contributed by atoms with Crippen LogP contribution >= 0.6 is 23.1 Å². The van der Waals surface area contributed by atoms with E-state index in [1.54, 1.807) is 6.08 Å². The van der Waals surface area contributed by atoms with Crippen molar-refractivity contribution in [1.82, 2.24) is 14.8 Å². The highest BCUT2D eigenvalue weighted by Gasteiger charge is 2.27. The topological polar surface area (TPSA) is 95.3 Å². The molecular weight excluding hydrogens is 544 g/mol. The predicted octanol–water partition coefficient (Wildman–Crippen LogP) is 6.75. The van der Waals surface area contributed by atoms with Gasteiger partial charge in [0.1, 0.15) is 10.8 Å². The van der Waals surface area contributed by atoms with Gasteiger partial charge in [-0.1, -0.05) is 57.2 Å². The van der Waals surface area contributed by atoms with Crippen LogP contribution in [0.15, 0.2) is 42.1 Å². The van der Waals surface area contributed by atoms with Gasteiger partial charge in [-0.15, -0.1) is 28.1 Å². The molecule has 2 heterocycles. The summed E-state index contributed by atoms with van der Waals surface area (Å²) < 4.78 is 13.1. The monoisotopic (exact) mass is 582 g/mol. The Bertz CT molecular complexity index is 1360. The number of methoxy groups -OCH3 is 1. The molecular formula is C30H38N4O4S2. The van der Waals surface area contributed by atoms with E-state index in [-0.39, 0.29) is 23.2 Å². The molecule has 1 amide bonds. The average Bonchev–Trinajstić information content (AvgIpc) is 3.39. The Morgan fingerprint density at radius 2 is 1.90 bits per heavy atom. The van der Waals surface area contributed by atoms with E-state index in [0.29, 0.717) is 28.1 Å². The molecule has 1 unspecified atom stereocenters. The molecule has 1 aromatic carbocycles. The summed E-state index contributed by atoms with van der Waals surface area (Å²) >= 11 is 2.77. The van der Waals surface area contributed by atoms with E-state index < -0.39 is 5.97 Å². The van der Waals surface area contributed by atoms with Crippen molar-refractivity contribution in [3.8, 4) is 5.75 Å². The normalized spacial score (nSPS) is 14.1. The van der Waals surface area contributed by atoms with Gasteiger partial charge in [0.05, 0.1) is 18.4 Å². The van der Waals surface area contributed by atoms with Crippen molar-refractivity contribution < 1.29 is 19.1 Å². The Kier molecular flexibility index (Phi) is 9.73. The van der Waals surface area contributed by atoms with Crippen LogP contribution in [0.4, 0.5) is 5.00 Å². The number of aryl methyl sites for hydroxylation is 1. The predicted molar refractivity (Wildman–Crippen MR) is 161 cm³/mol. The van der Waals surface area contributed by atoms with Gasteiger partial charge in [0.2, 0.25) is 5.91 Å². The smallest absolute Gasteiger partial charge is 0.341 e. The van der Waals surface area contributed by atoms with Gasteiger partial charge < -0.3 is 14.8 Å². The highest BCUT2D eigenvalue weighted by molar-refractivity contribution is 7.99. The Hall–Kier alpha value is -3.11. The van der Waals surface area contributed by atoms with Gasteiger partial charge in [0, 0.05) is 11.4 Å². The van der Waals surface area contributed by atoms with E-state index in [0.717, 1.165) is 43.4 Å². The lowest BCUT2D eigenvalue weighted by molar-refractivity contribution is -0.113.